The van der Waals surface area contributed by atoms with Gasteiger partial charge in [-0.2, -0.15) is 0 Å². The molecule has 0 aliphatic carbocycles. The first-order valence-electron chi connectivity index (χ1n) is 4.47. The Hall–Kier alpha value is -1.76. The molecular weight excluding hydrogens is 296 g/mol. The second-order valence-electron chi connectivity index (χ2n) is 3.05. The zero-order chi connectivity index (χ0) is 12.4. The molecule has 1 aromatic carbocycles. The monoisotopic (exact) mass is 301 g/mol. The summed E-state index contributed by atoms with van der Waals surface area (Å²) < 4.78 is 31.5. The molecule has 4 nitrogen and oxygen atoms in total. The molecule has 0 aliphatic heterocycles. The summed E-state index contributed by atoms with van der Waals surface area (Å²) in [6.45, 7) is 0. The first-order chi connectivity index (χ1) is 8.08. The molecule has 0 saturated heterocycles. The number of aromatic nitrogens is 2. The van der Waals surface area contributed by atoms with Gasteiger partial charge in [-0.25, -0.2) is 18.7 Å². The molecule has 0 fully saturated rings. The van der Waals surface area contributed by atoms with E-state index in [1.807, 2.05) is 0 Å². The smallest absolute Gasteiger partial charge is 0.239 e. The van der Waals surface area contributed by atoms with Crippen LogP contribution >= 0.6 is 15.9 Å². The van der Waals surface area contributed by atoms with Crippen LogP contribution in [0.25, 0.3) is 0 Å². The highest BCUT2D eigenvalue weighted by atomic mass is 79.9. The molecule has 0 atom stereocenters. The van der Waals surface area contributed by atoms with Gasteiger partial charge in [0, 0.05) is 6.07 Å². The van der Waals surface area contributed by atoms with Crippen molar-refractivity contribution in [1.29, 1.82) is 0 Å². The Kier molecular flexibility index (Phi) is 3.19. The van der Waals surface area contributed by atoms with Crippen LogP contribution in [0.2, 0.25) is 0 Å². The molecule has 0 unspecified atom stereocenters. The van der Waals surface area contributed by atoms with Gasteiger partial charge in [-0.15, -0.1) is 0 Å². The lowest BCUT2D eigenvalue weighted by molar-refractivity contribution is 0.420. The zero-order valence-corrected chi connectivity index (χ0v) is 9.91. The van der Waals surface area contributed by atoms with E-state index in [4.69, 9.17) is 10.5 Å². The van der Waals surface area contributed by atoms with Gasteiger partial charge in [0.05, 0.1) is 0 Å². The molecule has 88 valence electrons. The van der Waals surface area contributed by atoms with Gasteiger partial charge in [0.15, 0.2) is 11.6 Å². The minimum atomic E-state index is -0.825. The SMILES string of the molecule is Nc1ncnc(Oc2ccc(F)cc2F)c1Br. The molecule has 0 amide bonds. The van der Waals surface area contributed by atoms with E-state index in [0.29, 0.717) is 10.5 Å². The normalized spacial score (nSPS) is 10.3. The van der Waals surface area contributed by atoms with Crippen molar-refractivity contribution in [1.82, 2.24) is 9.97 Å². The van der Waals surface area contributed by atoms with Crippen molar-refractivity contribution in [3.8, 4) is 11.6 Å². The summed E-state index contributed by atoms with van der Waals surface area (Å²) in [7, 11) is 0. The van der Waals surface area contributed by atoms with Gasteiger partial charge in [-0.3, -0.25) is 0 Å². The van der Waals surface area contributed by atoms with E-state index >= 15 is 0 Å². The maximum absolute atomic E-state index is 13.3. The van der Waals surface area contributed by atoms with Gasteiger partial charge < -0.3 is 10.5 Å². The summed E-state index contributed by atoms with van der Waals surface area (Å²) in [5.41, 5.74) is 5.50. The van der Waals surface area contributed by atoms with Crippen LogP contribution in [0.3, 0.4) is 0 Å². The third-order valence-electron chi connectivity index (χ3n) is 1.89. The molecule has 0 spiro atoms. The molecule has 2 N–H and O–H groups in total. The van der Waals surface area contributed by atoms with Crippen molar-refractivity contribution < 1.29 is 13.5 Å². The van der Waals surface area contributed by atoms with Crippen LogP contribution in [-0.2, 0) is 0 Å². The standard InChI is InChI=1S/C10H6BrF2N3O/c11-8-9(14)15-4-16-10(8)17-7-2-1-5(12)3-6(7)13/h1-4H,(H2,14,15,16). The predicted octanol–water partition coefficient (Wildman–Crippen LogP) is 2.89. The van der Waals surface area contributed by atoms with Crippen molar-refractivity contribution in [2.45, 2.75) is 0 Å². The number of hydrogen-bond donors (Lipinski definition) is 1. The maximum atomic E-state index is 13.3. The topological polar surface area (TPSA) is 61.0 Å². The summed E-state index contributed by atoms with van der Waals surface area (Å²) in [4.78, 5) is 7.48. The van der Waals surface area contributed by atoms with Crippen LogP contribution < -0.4 is 10.5 Å². The Balaban J connectivity index is 2.35. The lowest BCUT2D eigenvalue weighted by Gasteiger charge is -2.07. The minimum Gasteiger partial charge on any atom is -0.435 e. The Morgan fingerprint density at radius 3 is 2.71 bits per heavy atom. The van der Waals surface area contributed by atoms with Crippen molar-refractivity contribution >= 4 is 21.7 Å². The number of nitrogens with two attached hydrogens (primary N) is 1. The van der Waals surface area contributed by atoms with E-state index in [0.717, 1.165) is 12.1 Å². The Morgan fingerprint density at radius 1 is 1.24 bits per heavy atom. The molecule has 1 heterocycles. The molecule has 7 heteroatoms. The number of nitrogens with zero attached hydrogens (tertiary/aromatic N) is 2. The van der Waals surface area contributed by atoms with E-state index in [2.05, 4.69) is 25.9 Å². The lowest BCUT2D eigenvalue weighted by Crippen LogP contribution is -1.97. The van der Waals surface area contributed by atoms with Crippen molar-refractivity contribution in [3.63, 3.8) is 0 Å². The fraction of sp³-hybridized carbons (Fsp3) is 0. The summed E-state index contributed by atoms with van der Waals surface area (Å²) in [5, 5.41) is 0. The first kappa shape index (κ1) is 11.7. The lowest BCUT2D eigenvalue weighted by atomic mass is 10.3. The molecule has 17 heavy (non-hydrogen) atoms. The quantitative estimate of drug-likeness (QED) is 0.926. The van der Waals surface area contributed by atoms with Crippen LogP contribution in [-0.4, -0.2) is 9.97 Å². The number of nitrogen functional groups attached to an aromatic ring is 1. The van der Waals surface area contributed by atoms with Crippen LogP contribution in [0.4, 0.5) is 14.6 Å². The highest BCUT2D eigenvalue weighted by Gasteiger charge is 2.11. The van der Waals surface area contributed by atoms with Crippen molar-refractivity contribution in [3.05, 3.63) is 40.6 Å². The number of hydrogen-bond acceptors (Lipinski definition) is 4. The number of rotatable bonds is 2. The molecule has 0 bridgehead atoms. The summed E-state index contributed by atoms with van der Waals surface area (Å²) in [6.07, 6.45) is 1.18. The molecular formula is C10H6BrF2N3O. The molecule has 2 aromatic rings. The average molecular weight is 302 g/mol. The van der Waals surface area contributed by atoms with Gasteiger partial charge in [-0.1, -0.05) is 0 Å². The molecule has 0 radical (unpaired) electrons. The molecule has 2 rings (SSSR count). The van der Waals surface area contributed by atoms with Crippen LogP contribution in [0.5, 0.6) is 11.6 Å². The maximum Gasteiger partial charge on any atom is 0.239 e. The van der Waals surface area contributed by atoms with Crippen molar-refractivity contribution in [2.24, 2.45) is 0 Å². The highest BCUT2D eigenvalue weighted by molar-refractivity contribution is 9.10. The summed E-state index contributed by atoms with van der Waals surface area (Å²) in [5.74, 6) is -1.43. The van der Waals surface area contributed by atoms with Crippen LogP contribution in [0.1, 0.15) is 0 Å². The third-order valence-corrected chi connectivity index (χ3v) is 2.63. The predicted molar refractivity (Wildman–Crippen MR) is 60.6 cm³/mol. The Labute approximate surface area is 104 Å². The van der Waals surface area contributed by atoms with Gasteiger partial charge in [-0.05, 0) is 28.1 Å². The number of benzene rings is 1. The van der Waals surface area contributed by atoms with Crippen LogP contribution in [0.15, 0.2) is 29.0 Å². The van der Waals surface area contributed by atoms with E-state index in [1.165, 1.54) is 6.33 Å². The van der Waals surface area contributed by atoms with E-state index in [9.17, 15) is 8.78 Å². The largest absolute Gasteiger partial charge is 0.435 e. The van der Waals surface area contributed by atoms with Gasteiger partial charge in [0.2, 0.25) is 5.88 Å². The number of ether oxygens (including phenoxy) is 1. The Bertz CT molecular complexity index is 565. The average Bonchev–Trinajstić information content (AvgIpc) is 2.28. The van der Waals surface area contributed by atoms with Crippen molar-refractivity contribution in [2.75, 3.05) is 5.73 Å². The highest BCUT2D eigenvalue weighted by Crippen LogP contribution is 2.31. The fourth-order valence-corrected chi connectivity index (χ4v) is 1.39. The number of halogens is 3. The fourth-order valence-electron chi connectivity index (χ4n) is 1.10. The van der Waals surface area contributed by atoms with Gasteiger partial charge in [0.25, 0.3) is 0 Å². The molecule has 1 aromatic heterocycles. The number of anilines is 1. The first-order valence-corrected chi connectivity index (χ1v) is 5.26. The van der Waals surface area contributed by atoms with E-state index in [1.54, 1.807) is 0 Å². The zero-order valence-electron chi connectivity index (χ0n) is 8.32. The van der Waals surface area contributed by atoms with Gasteiger partial charge in [0.1, 0.15) is 22.4 Å². The second-order valence-corrected chi connectivity index (χ2v) is 3.85. The summed E-state index contributed by atoms with van der Waals surface area (Å²) in [6, 6.07) is 2.96. The van der Waals surface area contributed by atoms with Gasteiger partial charge >= 0.3 is 0 Å². The Morgan fingerprint density at radius 2 is 2.00 bits per heavy atom. The van der Waals surface area contributed by atoms with Crippen LogP contribution in [0, 0.1) is 11.6 Å². The molecule has 0 aliphatic rings. The third kappa shape index (κ3) is 2.50. The minimum absolute atomic E-state index is 0.0583. The van der Waals surface area contributed by atoms with E-state index in [-0.39, 0.29) is 17.4 Å². The second kappa shape index (κ2) is 4.62. The summed E-state index contributed by atoms with van der Waals surface area (Å²) >= 11 is 3.11. The molecule has 0 saturated carbocycles. The van der Waals surface area contributed by atoms with E-state index < -0.39 is 11.6 Å².